The van der Waals surface area contributed by atoms with Crippen LogP contribution in [-0.2, 0) is 29.7 Å². The zero-order valence-corrected chi connectivity index (χ0v) is 18.0. The van der Waals surface area contributed by atoms with Crippen LogP contribution in [0.3, 0.4) is 0 Å². The Balaban J connectivity index is 2.23. The summed E-state index contributed by atoms with van der Waals surface area (Å²) in [6.07, 6.45) is 1.98. The third kappa shape index (κ3) is 5.72. The smallest absolute Gasteiger partial charge is 0.242 e. The molecular formula is C23H33N3O2. The number of benzene rings is 1. The van der Waals surface area contributed by atoms with Gasteiger partial charge in [0.15, 0.2) is 0 Å². The van der Waals surface area contributed by atoms with Gasteiger partial charge in [0.1, 0.15) is 6.54 Å². The van der Waals surface area contributed by atoms with Crippen LogP contribution in [0, 0.1) is 5.41 Å². The molecule has 5 nitrogen and oxygen atoms in total. The molecule has 5 heteroatoms. The Hall–Kier alpha value is -2.56. The van der Waals surface area contributed by atoms with Crippen LogP contribution >= 0.6 is 0 Å². The van der Waals surface area contributed by atoms with Gasteiger partial charge >= 0.3 is 0 Å². The topological polar surface area (TPSA) is 45.6 Å². The van der Waals surface area contributed by atoms with Gasteiger partial charge in [-0.1, -0.05) is 51.1 Å². The molecule has 0 saturated carbocycles. The molecule has 0 fully saturated rings. The highest BCUT2D eigenvalue weighted by Crippen LogP contribution is 2.20. The van der Waals surface area contributed by atoms with Crippen molar-refractivity contribution in [2.75, 3.05) is 6.54 Å². The summed E-state index contributed by atoms with van der Waals surface area (Å²) in [5.41, 5.74) is 1.61. The van der Waals surface area contributed by atoms with Crippen molar-refractivity contribution in [1.29, 1.82) is 0 Å². The summed E-state index contributed by atoms with van der Waals surface area (Å²) in [5.74, 6) is -0.0502. The van der Waals surface area contributed by atoms with E-state index in [4.69, 9.17) is 0 Å². The van der Waals surface area contributed by atoms with Gasteiger partial charge in [0.05, 0.1) is 6.54 Å². The lowest BCUT2D eigenvalue weighted by Gasteiger charge is -2.34. The molecule has 0 bridgehead atoms. The highest BCUT2D eigenvalue weighted by atomic mass is 16.2. The normalized spacial score (nSPS) is 11.5. The molecule has 0 unspecified atom stereocenters. The van der Waals surface area contributed by atoms with E-state index in [9.17, 15) is 9.59 Å². The van der Waals surface area contributed by atoms with E-state index in [0.717, 1.165) is 11.3 Å². The third-order valence-electron chi connectivity index (χ3n) is 4.80. The Bertz CT molecular complexity index is 788. The molecular weight excluding hydrogens is 350 g/mol. The van der Waals surface area contributed by atoms with Gasteiger partial charge in [-0.25, -0.2) is 0 Å². The van der Waals surface area contributed by atoms with Gasteiger partial charge in [-0.3, -0.25) is 9.59 Å². The van der Waals surface area contributed by atoms with Gasteiger partial charge in [0.2, 0.25) is 11.8 Å². The third-order valence-corrected chi connectivity index (χ3v) is 4.80. The van der Waals surface area contributed by atoms with Crippen molar-refractivity contribution in [1.82, 2.24) is 14.4 Å². The summed E-state index contributed by atoms with van der Waals surface area (Å²) in [6.45, 7) is 10.7. The molecule has 2 aromatic rings. The lowest BCUT2D eigenvalue weighted by molar-refractivity contribution is -0.147. The van der Waals surface area contributed by atoms with Crippen molar-refractivity contribution in [3.05, 3.63) is 59.9 Å². The zero-order valence-electron chi connectivity index (χ0n) is 18.0. The van der Waals surface area contributed by atoms with Gasteiger partial charge in [0.25, 0.3) is 0 Å². The average molecular weight is 384 g/mol. The van der Waals surface area contributed by atoms with E-state index in [1.807, 2.05) is 99.8 Å². The highest BCUT2D eigenvalue weighted by Gasteiger charge is 2.31. The Labute approximate surface area is 168 Å². The number of aryl methyl sites for hydroxylation is 1. The van der Waals surface area contributed by atoms with Gasteiger partial charge in [-0.2, -0.15) is 0 Å². The predicted octanol–water partition coefficient (Wildman–Crippen LogP) is 3.84. The van der Waals surface area contributed by atoms with Crippen LogP contribution in [0.1, 0.15) is 45.9 Å². The number of nitrogens with zero attached hydrogens (tertiary/aromatic N) is 3. The van der Waals surface area contributed by atoms with Crippen LogP contribution in [0.25, 0.3) is 0 Å². The Morgan fingerprint density at radius 1 is 1.00 bits per heavy atom. The molecule has 0 N–H and O–H groups in total. The second kappa shape index (κ2) is 9.09. The average Bonchev–Trinajstić information content (AvgIpc) is 3.03. The minimum atomic E-state index is -0.521. The maximum Gasteiger partial charge on any atom is 0.242 e. The maximum atomic E-state index is 13.3. The number of rotatable bonds is 7. The fraction of sp³-hybridized carbons (Fsp3) is 0.478. The largest absolute Gasteiger partial charge is 0.353 e. The number of carbonyl (C=O) groups excluding carboxylic acids is 2. The van der Waals surface area contributed by atoms with E-state index in [2.05, 4.69) is 0 Å². The Kier molecular flexibility index (Phi) is 7.05. The first kappa shape index (κ1) is 21.7. The Morgan fingerprint density at radius 3 is 2.14 bits per heavy atom. The van der Waals surface area contributed by atoms with E-state index >= 15 is 0 Å². The van der Waals surface area contributed by atoms with E-state index < -0.39 is 5.41 Å². The maximum absolute atomic E-state index is 13.3. The van der Waals surface area contributed by atoms with Crippen molar-refractivity contribution in [3.63, 3.8) is 0 Å². The molecule has 1 heterocycles. The molecule has 0 aliphatic carbocycles. The van der Waals surface area contributed by atoms with Crippen LogP contribution in [0.5, 0.6) is 0 Å². The SMILES string of the molecule is CC(C)N(CC(=O)N(Cc1ccccc1)Cc1cccn1C)C(=O)C(C)(C)C. The second-order valence-electron chi connectivity index (χ2n) is 8.62. The highest BCUT2D eigenvalue weighted by molar-refractivity contribution is 5.87. The number of amides is 2. The van der Waals surface area contributed by atoms with E-state index in [-0.39, 0.29) is 24.4 Å². The fourth-order valence-corrected chi connectivity index (χ4v) is 3.06. The monoisotopic (exact) mass is 383 g/mol. The zero-order chi connectivity index (χ0) is 20.9. The Morgan fingerprint density at radius 2 is 1.64 bits per heavy atom. The summed E-state index contributed by atoms with van der Waals surface area (Å²) < 4.78 is 2.02. The van der Waals surface area contributed by atoms with Crippen molar-refractivity contribution in [2.24, 2.45) is 12.5 Å². The molecule has 152 valence electrons. The number of hydrogen-bond donors (Lipinski definition) is 0. The quantitative estimate of drug-likeness (QED) is 0.729. The van der Waals surface area contributed by atoms with Crippen molar-refractivity contribution >= 4 is 11.8 Å². The summed E-state index contributed by atoms with van der Waals surface area (Å²) in [7, 11) is 1.98. The standard InChI is InChI=1S/C23H33N3O2/c1-18(2)26(22(28)23(3,4)5)17-21(27)25(15-19-11-8-7-9-12-19)16-20-13-10-14-24(20)6/h7-14,18H,15-17H2,1-6H3. The molecule has 2 amide bonds. The molecule has 0 spiro atoms. The summed E-state index contributed by atoms with van der Waals surface area (Å²) in [5, 5.41) is 0. The minimum Gasteiger partial charge on any atom is -0.353 e. The summed E-state index contributed by atoms with van der Waals surface area (Å²) in [6, 6.07) is 13.9. The van der Waals surface area contributed by atoms with Crippen molar-refractivity contribution in [3.8, 4) is 0 Å². The molecule has 0 atom stereocenters. The van der Waals surface area contributed by atoms with Crippen LogP contribution in [0.15, 0.2) is 48.7 Å². The van der Waals surface area contributed by atoms with E-state index in [0.29, 0.717) is 13.1 Å². The molecule has 0 radical (unpaired) electrons. The molecule has 0 aliphatic rings. The van der Waals surface area contributed by atoms with Crippen LogP contribution in [0.4, 0.5) is 0 Å². The van der Waals surface area contributed by atoms with Gasteiger partial charge in [-0.05, 0) is 31.5 Å². The fourth-order valence-electron chi connectivity index (χ4n) is 3.06. The second-order valence-corrected chi connectivity index (χ2v) is 8.62. The number of hydrogen-bond acceptors (Lipinski definition) is 2. The molecule has 2 rings (SSSR count). The molecule has 1 aromatic carbocycles. The summed E-state index contributed by atoms with van der Waals surface area (Å²) in [4.78, 5) is 29.6. The summed E-state index contributed by atoms with van der Waals surface area (Å²) >= 11 is 0. The van der Waals surface area contributed by atoms with Crippen molar-refractivity contribution in [2.45, 2.75) is 53.8 Å². The van der Waals surface area contributed by atoms with Gasteiger partial charge < -0.3 is 14.4 Å². The first-order chi connectivity index (χ1) is 13.1. The minimum absolute atomic E-state index is 0.00521. The molecule has 0 aliphatic heterocycles. The van der Waals surface area contributed by atoms with E-state index in [1.165, 1.54) is 0 Å². The van der Waals surface area contributed by atoms with Gasteiger partial charge in [0, 0.05) is 36.9 Å². The number of carbonyl (C=O) groups is 2. The first-order valence-corrected chi connectivity index (χ1v) is 9.82. The predicted molar refractivity (Wildman–Crippen MR) is 112 cm³/mol. The van der Waals surface area contributed by atoms with E-state index in [1.54, 1.807) is 4.90 Å². The van der Waals surface area contributed by atoms with Gasteiger partial charge in [-0.15, -0.1) is 0 Å². The number of aromatic nitrogens is 1. The first-order valence-electron chi connectivity index (χ1n) is 9.82. The lowest BCUT2D eigenvalue weighted by Crippen LogP contribution is -2.49. The van der Waals surface area contributed by atoms with Crippen LogP contribution in [0.2, 0.25) is 0 Å². The van der Waals surface area contributed by atoms with Crippen LogP contribution < -0.4 is 0 Å². The molecule has 28 heavy (non-hydrogen) atoms. The molecule has 0 saturated heterocycles. The lowest BCUT2D eigenvalue weighted by atomic mass is 9.94. The van der Waals surface area contributed by atoms with Crippen molar-refractivity contribution < 1.29 is 9.59 Å². The molecule has 1 aromatic heterocycles. The van der Waals surface area contributed by atoms with Crippen LogP contribution in [-0.4, -0.2) is 38.8 Å².